The number of rotatable bonds is 6. The van der Waals surface area contributed by atoms with Gasteiger partial charge in [0.05, 0.1) is 50.4 Å². The third kappa shape index (κ3) is 4.11. The van der Waals surface area contributed by atoms with Gasteiger partial charge >= 0.3 is 0 Å². The van der Waals surface area contributed by atoms with Crippen molar-refractivity contribution in [3.05, 3.63) is 77.3 Å². The summed E-state index contributed by atoms with van der Waals surface area (Å²) in [7, 11) is 6.85. The Hall–Kier alpha value is -4.28. The quantitative estimate of drug-likeness (QED) is 0.443. The monoisotopic (exact) mass is 544 g/mol. The van der Waals surface area contributed by atoms with Crippen molar-refractivity contribution in [3.63, 3.8) is 0 Å². The summed E-state index contributed by atoms with van der Waals surface area (Å²) in [6, 6.07) is 10.3. The van der Waals surface area contributed by atoms with Gasteiger partial charge in [0.1, 0.15) is 34.9 Å². The van der Waals surface area contributed by atoms with Crippen molar-refractivity contribution in [2.75, 3.05) is 39.8 Å². The van der Waals surface area contributed by atoms with Crippen LogP contribution in [0.25, 0.3) is 10.9 Å². The van der Waals surface area contributed by atoms with Crippen LogP contribution in [0.5, 0.6) is 11.5 Å². The van der Waals surface area contributed by atoms with Crippen molar-refractivity contribution < 1.29 is 27.9 Å². The van der Waals surface area contributed by atoms with Crippen molar-refractivity contribution in [3.8, 4) is 11.5 Å². The van der Waals surface area contributed by atoms with Crippen LogP contribution in [0.2, 0.25) is 0 Å². The highest BCUT2D eigenvalue weighted by Crippen LogP contribution is 2.41. The molecular weight excluding hydrogens is 513 g/mol. The van der Waals surface area contributed by atoms with Crippen molar-refractivity contribution in [1.29, 1.82) is 0 Å². The fourth-order valence-corrected chi connectivity index (χ4v) is 5.74. The smallest absolute Gasteiger partial charge is 0.272 e. The Labute approximate surface area is 231 Å². The zero-order valence-electron chi connectivity index (χ0n) is 22.9. The number of hydrogen-bond acceptors (Lipinski definition) is 6. The molecule has 206 valence electrons. The van der Waals surface area contributed by atoms with Gasteiger partial charge in [-0.1, -0.05) is 6.07 Å². The molecule has 1 N–H and O–H groups in total. The van der Waals surface area contributed by atoms with E-state index in [1.807, 2.05) is 37.7 Å². The normalized spacial score (nSPS) is 20.6. The summed E-state index contributed by atoms with van der Waals surface area (Å²) in [4.78, 5) is 22.7. The Kier molecular flexibility index (Phi) is 6.52. The molecule has 10 heteroatoms. The Bertz CT molecular complexity index is 1650. The number of nitrogens with zero attached hydrogens (tertiary/aromatic N) is 4. The Balaban J connectivity index is 1.36. The first-order chi connectivity index (χ1) is 19.4. The van der Waals surface area contributed by atoms with Crippen LogP contribution in [0.3, 0.4) is 0 Å². The fourth-order valence-electron chi connectivity index (χ4n) is 5.74. The highest BCUT2D eigenvalue weighted by atomic mass is 19.1. The predicted octanol–water partition coefficient (Wildman–Crippen LogP) is 4.99. The van der Waals surface area contributed by atoms with Crippen LogP contribution in [-0.2, 0) is 11.8 Å². The number of amides is 1. The summed E-state index contributed by atoms with van der Waals surface area (Å²) in [5.74, 6) is 0.818. The van der Waals surface area contributed by atoms with Gasteiger partial charge in [-0.05, 0) is 31.0 Å². The lowest BCUT2D eigenvalue weighted by Gasteiger charge is -2.29. The molecular formula is C30H31FN5O4+. The topological polar surface area (TPSA) is 86.4 Å². The largest absolute Gasteiger partial charge is 0.496 e. The van der Waals surface area contributed by atoms with Crippen LogP contribution in [0.1, 0.15) is 28.9 Å². The minimum Gasteiger partial charge on any atom is -0.496 e. The number of hydrogen-bond donors (Lipinski definition) is 1. The molecule has 1 amide bonds. The zero-order chi connectivity index (χ0) is 28.0. The zero-order valence-corrected chi connectivity index (χ0v) is 22.9. The van der Waals surface area contributed by atoms with E-state index in [0.717, 1.165) is 35.1 Å². The van der Waals surface area contributed by atoms with Crippen LogP contribution in [0, 0.1) is 11.7 Å². The first-order valence-corrected chi connectivity index (χ1v) is 13.2. The first-order valence-electron chi connectivity index (χ1n) is 13.2. The standard InChI is InChI=1S/C30H30FN5O4/c1-35-23-6-5-7-26(38-3)20(23)14-24(35)30(37)33-22-16-21(31)19(15-27(22)39-4)29-34-28(18-8-12-40-13-9-18)25-17-32-10-11-36(25,29)2/h5-7,10-11,14-18H,8-9,12-13H2,1-4H3/p+1. The number of benzene rings is 2. The van der Waals surface area contributed by atoms with Gasteiger partial charge in [0, 0.05) is 43.7 Å². The van der Waals surface area contributed by atoms with Crippen molar-refractivity contribution in [2.45, 2.75) is 12.8 Å². The second-order valence-corrected chi connectivity index (χ2v) is 10.2. The number of aromatic nitrogens is 1. The number of amidine groups is 1. The SMILES string of the molecule is COc1cc(C2=NC(C3CCOCC3)=C3C=NC=C[N+]23C)c(F)cc1NC(=O)c1cc2c(OC)cccc2n1C. The summed E-state index contributed by atoms with van der Waals surface area (Å²) in [6.07, 6.45) is 7.11. The predicted molar refractivity (Wildman–Crippen MR) is 151 cm³/mol. The average molecular weight is 545 g/mol. The molecule has 3 aliphatic heterocycles. The molecule has 0 radical (unpaired) electrons. The van der Waals surface area contributed by atoms with Crippen molar-refractivity contribution in [1.82, 2.24) is 4.57 Å². The maximum Gasteiger partial charge on any atom is 0.272 e. The van der Waals surface area contributed by atoms with Crippen LogP contribution in [-0.4, -0.2) is 61.5 Å². The number of aryl methyl sites for hydroxylation is 1. The van der Waals surface area contributed by atoms with E-state index in [1.54, 1.807) is 37.1 Å². The van der Waals surface area contributed by atoms with Gasteiger partial charge in [0.15, 0.2) is 5.70 Å². The van der Waals surface area contributed by atoms with Crippen LogP contribution < -0.4 is 14.8 Å². The molecule has 9 nitrogen and oxygen atoms in total. The molecule has 3 aliphatic rings. The van der Waals surface area contributed by atoms with Gasteiger partial charge in [-0.2, -0.15) is 4.99 Å². The van der Waals surface area contributed by atoms with Gasteiger partial charge in [-0.3, -0.25) is 9.79 Å². The lowest BCUT2D eigenvalue weighted by atomic mass is 9.95. The molecule has 1 saturated heterocycles. The number of allylic oxidation sites excluding steroid dienone is 2. The molecule has 1 unspecified atom stereocenters. The van der Waals surface area contributed by atoms with Gasteiger partial charge in [0.2, 0.25) is 5.84 Å². The van der Waals surface area contributed by atoms with E-state index >= 15 is 4.39 Å². The van der Waals surface area contributed by atoms with Gasteiger partial charge in [-0.15, -0.1) is 0 Å². The first kappa shape index (κ1) is 26.0. The highest BCUT2D eigenvalue weighted by Gasteiger charge is 2.45. The number of aliphatic imine (C=N–C) groups is 2. The molecule has 0 aliphatic carbocycles. The molecule has 6 rings (SSSR count). The van der Waals surface area contributed by atoms with E-state index < -0.39 is 11.7 Å². The van der Waals surface area contributed by atoms with E-state index in [2.05, 4.69) is 10.3 Å². The molecule has 4 heterocycles. The van der Waals surface area contributed by atoms with Gasteiger partial charge in [-0.25, -0.2) is 8.87 Å². The summed E-state index contributed by atoms with van der Waals surface area (Å²) in [6.45, 7) is 1.34. The lowest BCUT2D eigenvalue weighted by molar-refractivity contribution is -0.713. The van der Waals surface area contributed by atoms with Gasteiger partial charge < -0.3 is 24.1 Å². The second kappa shape index (κ2) is 10.0. The molecule has 1 fully saturated rings. The van der Waals surface area contributed by atoms with Crippen LogP contribution >= 0.6 is 0 Å². The fraction of sp³-hybridized carbons (Fsp3) is 0.300. The van der Waals surface area contributed by atoms with E-state index in [4.69, 9.17) is 19.2 Å². The molecule has 1 atom stereocenters. The number of halogens is 1. The average Bonchev–Trinajstić information content (AvgIpc) is 3.48. The number of carbonyl (C=O) groups excluding carboxylic acids is 1. The second-order valence-electron chi connectivity index (χ2n) is 10.2. The molecule has 0 bridgehead atoms. The minimum absolute atomic E-state index is 0.194. The third-order valence-corrected chi connectivity index (χ3v) is 7.96. The third-order valence-electron chi connectivity index (χ3n) is 7.96. The number of fused-ring (bicyclic) bond motifs is 2. The Morgan fingerprint density at radius 3 is 2.67 bits per heavy atom. The molecule has 3 aromatic rings. The molecule has 0 saturated carbocycles. The highest BCUT2D eigenvalue weighted by molar-refractivity contribution is 6.08. The maximum absolute atomic E-state index is 15.9. The molecule has 40 heavy (non-hydrogen) atoms. The summed E-state index contributed by atoms with van der Waals surface area (Å²) >= 11 is 0. The van der Waals surface area contributed by atoms with Gasteiger partial charge in [0.25, 0.3) is 5.91 Å². The van der Waals surface area contributed by atoms with Crippen LogP contribution in [0.15, 0.2) is 70.2 Å². The minimum atomic E-state index is -0.517. The Morgan fingerprint density at radius 2 is 1.93 bits per heavy atom. The van der Waals surface area contributed by atoms with E-state index in [1.165, 1.54) is 13.2 Å². The Morgan fingerprint density at radius 1 is 1.15 bits per heavy atom. The van der Waals surface area contributed by atoms with Crippen molar-refractivity contribution in [2.24, 2.45) is 23.0 Å². The number of ether oxygens (including phenoxy) is 3. The maximum atomic E-state index is 15.9. The molecule has 2 aromatic carbocycles. The van der Waals surface area contributed by atoms with E-state index in [9.17, 15) is 4.79 Å². The van der Waals surface area contributed by atoms with Crippen LogP contribution in [0.4, 0.5) is 10.1 Å². The molecule has 1 aromatic heterocycles. The number of nitrogens with one attached hydrogen (secondary N) is 1. The number of quaternary nitrogens is 1. The van der Waals surface area contributed by atoms with E-state index in [0.29, 0.717) is 41.8 Å². The number of anilines is 1. The van der Waals surface area contributed by atoms with Crippen molar-refractivity contribution >= 4 is 34.5 Å². The number of methoxy groups -OCH3 is 2. The number of carbonyl (C=O) groups is 1. The summed E-state index contributed by atoms with van der Waals surface area (Å²) in [5, 5.41) is 3.64. The molecule has 0 spiro atoms. The summed E-state index contributed by atoms with van der Waals surface area (Å²) in [5.41, 5.74) is 3.60. The lowest BCUT2D eigenvalue weighted by Crippen LogP contribution is -2.43. The van der Waals surface area contributed by atoms with E-state index in [-0.39, 0.29) is 16.1 Å². The summed E-state index contributed by atoms with van der Waals surface area (Å²) < 4.78 is 34.5.